The van der Waals surface area contributed by atoms with E-state index in [1.165, 1.54) is 35.7 Å². The standard InChI is InChI=1S/C22H27N3O7S2/c1-14-8-15(2)11-25(10-14)34(29,30)18-6-4-16(5-7-18)21(28)32-12-19(26)24-22-23-17(13-33-22)9-20(27)31-3/h4-7,13-15H,8-12H2,1-3H3,(H,23,24,26)/t14-,15-/m1/s1. The summed E-state index contributed by atoms with van der Waals surface area (Å²) in [5.41, 5.74) is 0.578. The van der Waals surface area contributed by atoms with E-state index in [1.807, 2.05) is 13.8 Å². The predicted molar refractivity (Wildman–Crippen MR) is 125 cm³/mol. The van der Waals surface area contributed by atoms with Gasteiger partial charge in [0.2, 0.25) is 10.0 Å². The van der Waals surface area contributed by atoms with Crippen LogP contribution in [0.25, 0.3) is 0 Å². The molecule has 2 atom stereocenters. The number of hydrogen-bond acceptors (Lipinski definition) is 9. The fourth-order valence-corrected chi connectivity index (χ4v) is 6.16. The summed E-state index contributed by atoms with van der Waals surface area (Å²) in [5.74, 6) is -1.24. The van der Waals surface area contributed by atoms with E-state index in [1.54, 1.807) is 5.38 Å². The molecule has 184 valence electrons. The molecule has 2 heterocycles. The maximum atomic E-state index is 13.0. The smallest absolute Gasteiger partial charge is 0.338 e. The summed E-state index contributed by atoms with van der Waals surface area (Å²) < 4.78 is 37.0. The van der Waals surface area contributed by atoms with Gasteiger partial charge in [-0.05, 0) is 42.5 Å². The van der Waals surface area contributed by atoms with Gasteiger partial charge >= 0.3 is 11.9 Å². The second kappa shape index (κ2) is 11.1. The zero-order valence-electron chi connectivity index (χ0n) is 19.1. The Balaban J connectivity index is 1.53. The van der Waals surface area contributed by atoms with Gasteiger partial charge in [-0.1, -0.05) is 13.8 Å². The fraction of sp³-hybridized carbons (Fsp3) is 0.455. The summed E-state index contributed by atoms with van der Waals surface area (Å²) in [4.78, 5) is 39.8. The van der Waals surface area contributed by atoms with Crippen molar-refractivity contribution in [2.45, 2.75) is 31.6 Å². The normalized spacial score (nSPS) is 18.8. The van der Waals surface area contributed by atoms with Gasteiger partial charge in [-0.3, -0.25) is 14.9 Å². The molecule has 0 unspecified atom stereocenters. The second-order valence-electron chi connectivity index (χ2n) is 8.31. The number of carbonyl (C=O) groups is 3. The van der Waals surface area contributed by atoms with Crippen LogP contribution in [0.15, 0.2) is 34.5 Å². The molecule has 1 aliphatic heterocycles. The van der Waals surface area contributed by atoms with E-state index in [4.69, 9.17) is 4.74 Å². The molecule has 1 aromatic heterocycles. The average molecular weight is 510 g/mol. The highest BCUT2D eigenvalue weighted by Crippen LogP contribution is 2.27. The molecule has 0 bridgehead atoms. The Labute approximate surface area is 202 Å². The van der Waals surface area contributed by atoms with Gasteiger partial charge in [0.05, 0.1) is 29.7 Å². The number of benzene rings is 1. The van der Waals surface area contributed by atoms with Gasteiger partial charge in [-0.25, -0.2) is 18.2 Å². The number of thiazole rings is 1. The van der Waals surface area contributed by atoms with Crippen molar-refractivity contribution in [2.75, 3.05) is 32.1 Å². The third kappa shape index (κ3) is 6.61. The zero-order chi connectivity index (χ0) is 24.9. The molecule has 1 amide bonds. The second-order valence-corrected chi connectivity index (χ2v) is 11.1. The molecule has 0 spiro atoms. The minimum atomic E-state index is -3.66. The van der Waals surface area contributed by atoms with Crippen molar-refractivity contribution < 1.29 is 32.3 Å². The van der Waals surface area contributed by atoms with Gasteiger partial charge in [-0.15, -0.1) is 11.3 Å². The molecule has 0 radical (unpaired) electrons. The van der Waals surface area contributed by atoms with Gasteiger partial charge in [0.25, 0.3) is 5.91 Å². The van der Waals surface area contributed by atoms with Crippen LogP contribution in [-0.2, 0) is 35.5 Å². The van der Waals surface area contributed by atoms with Crippen LogP contribution in [-0.4, -0.2) is 62.4 Å². The first-order valence-corrected chi connectivity index (χ1v) is 13.0. The molecule has 1 aliphatic rings. The minimum Gasteiger partial charge on any atom is -0.469 e. The molecule has 1 saturated heterocycles. The number of rotatable bonds is 8. The first-order chi connectivity index (χ1) is 16.1. The molecule has 1 fully saturated rings. The number of carbonyl (C=O) groups excluding carboxylic acids is 3. The van der Waals surface area contributed by atoms with Crippen molar-refractivity contribution in [3.8, 4) is 0 Å². The quantitative estimate of drug-likeness (QED) is 0.536. The van der Waals surface area contributed by atoms with E-state index < -0.39 is 34.5 Å². The molecular formula is C22H27N3O7S2. The molecule has 0 saturated carbocycles. The van der Waals surface area contributed by atoms with Crippen LogP contribution in [0.3, 0.4) is 0 Å². The number of aromatic nitrogens is 1. The maximum absolute atomic E-state index is 13.0. The highest BCUT2D eigenvalue weighted by Gasteiger charge is 2.31. The van der Waals surface area contributed by atoms with E-state index in [0.29, 0.717) is 18.8 Å². The first kappa shape index (κ1) is 25.8. The van der Waals surface area contributed by atoms with Crippen LogP contribution in [0.5, 0.6) is 0 Å². The number of esters is 2. The van der Waals surface area contributed by atoms with Crippen molar-refractivity contribution in [3.63, 3.8) is 0 Å². The lowest BCUT2D eigenvalue weighted by atomic mass is 9.94. The van der Waals surface area contributed by atoms with Gasteiger partial charge < -0.3 is 9.47 Å². The number of sulfonamides is 1. The van der Waals surface area contributed by atoms with Gasteiger partial charge in [0.1, 0.15) is 0 Å². The lowest BCUT2D eigenvalue weighted by molar-refractivity contribution is -0.139. The summed E-state index contributed by atoms with van der Waals surface area (Å²) in [5, 5.41) is 4.36. The highest BCUT2D eigenvalue weighted by molar-refractivity contribution is 7.89. The van der Waals surface area contributed by atoms with Crippen LogP contribution in [0.4, 0.5) is 5.13 Å². The lowest BCUT2D eigenvalue weighted by Crippen LogP contribution is -2.42. The number of hydrogen-bond donors (Lipinski definition) is 1. The number of ether oxygens (including phenoxy) is 2. The average Bonchev–Trinajstić information content (AvgIpc) is 3.23. The molecule has 12 heteroatoms. The highest BCUT2D eigenvalue weighted by atomic mass is 32.2. The Kier molecular flexibility index (Phi) is 8.39. The largest absolute Gasteiger partial charge is 0.469 e. The van der Waals surface area contributed by atoms with Crippen LogP contribution in [0, 0.1) is 11.8 Å². The Morgan fingerprint density at radius 1 is 1.15 bits per heavy atom. The molecular weight excluding hydrogens is 482 g/mol. The molecule has 2 aromatic rings. The number of methoxy groups -OCH3 is 1. The zero-order valence-corrected chi connectivity index (χ0v) is 20.8. The van der Waals surface area contributed by atoms with Crippen LogP contribution < -0.4 is 5.32 Å². The third-order valence-corrected chi connectivity index (χ3v) is 7.90. The Morgan fingerprint density at radius 2 is 1.79 bits per heavy atom. The van der Waals surface area contributed by atoms with Crippen molar-refractivity contribution >= 4 is 44.3 Å². The summed E-state index contributed by atoms with van der Waals surface area (Å²) in [6.45, 7) is 4.45. The van der Waals surface area contributed by atoms with E-state index in [2.05, 4.69) is 15.0 Å². The van der Waals surface area contributed by atoms with Crippen molar-refractivity contribution in [1.29, 1.82) is 0 Å². The number of anilines is 1. The van der Waals surface area contributed by atoms with Crippen molar-refractivity contribution in [1.82, 2.24) is 9.29 Å². The topological polar surface area (TPSA) is 132 Å². The number of piperidine rings is 1. The molecule has 1 N–H and O–H groups in total. The number of nitrogens with zero attached hydrogens (tertiary/aromatic N) is 2. The van der Waals surface area contributed by atoms with E-state index in [-0.39, 0.29) is 33.8 Å². The lowest BCUT2D eigenvalue weighted by Gasteiger charge is -2.34. The van der Waals surface area contributed by atoms with Crippen molar-refractivity contribution in [3.05, 3.63) is 40.9 Å². The van der Waals surface area contributed by atoms with E-state index in [0.717, 1.165) is 17.8 Å². The molecule has 3 rings (SSSR count). The van der Waals surface area contributed by atoms with Gasteiger partial charge in [0, 0.05) is 18.5 Å². The van der Waals surface area contributed by atoms with Crippen molar-refractivity contribution in [2.24, 2.45) is 11.8 Å². The monoisotopic (exact) mass is 509 g/mol. The maximum Gasteiger partial charge on any atom is 0.338 e. The third-order valence-electron chi connectivity index (χ3n) is 5.25. The Hall–Kier alpha value is -2.83. The summed E-state index contributed by atoms with van der Waals surface area (Å²) in [6, 6.07) is 5.47. The molecule has 10 nitrogen and oxygen atoms in total. The fourth-order valence-electron chi connectivity index (χ4n) is 3.75. The van der Waals surface area contributed by atoms with E-state index in [9.17, 15) is 22.8 Å². The van der Waals surface area contributed by atoms with Crippen LogP contribution in [0.1, 0.15) is 36.3 Å². The van der Waals surface area contributed by atoms with E-state index >= 15 is 0 Å². The van der Waals surface area contributed by atoms with Crippen LogP contribution >= 0.6 is 11.3 Å². The number of nitrogens with one attached hydrogen (secondary N) is 1. The molecule has 34 heavy (non-hydrogen) atoms. The Bertz CT molecular complexity index is 1140. The summed E-state index contributed by atoms with van der Waals surface area (Å²) in [7, 11) is -2.38. The molecule has 0 aliphatic carbocycles. The Morgan fingerprint density at radius 3 is 2.41 bits per heavy atom. The summed E-state index contributed by atoms with van der Waals surface area (Å²) >= 11 is 1.12. The molecule has 1 aromatic carbocycles. The minimum absolute atomic E-state index is 0.0145. The van der Waals surface area contributed by atoms with Gasteiger partial charge in [-0.2, -0.15) is 4.31 Å². The number of amides is 1. The van der Waals surface area contributed by atoms with Crippen LogP contribution in [0.2, 0.25) is 0 Å². The first-order valence-electron chi connectivity index (χ1n) is 10.7. The summed E-state index contributed by atoms with van der Waals surface area (Å²) in [6.07, 6.45) is 0.973. The predicted octanol–water partition coefficient (Wildman–Crippen LogP) is 2.32. The van der Waals surface area contributed by atoms with Gasteiger partial charge in [0.15, 0.2) is 11.7 Å². The SMILES string of the molecule is COC(=O)Cc1csc(NC(=O)COC(=O)c2ccc(S(=O)(=O)N3C[C@H](C)C[C@@H](C)C3)cc2)n1.